The summed E-state index contributed by atoms with van der Waals surface area (Å²) < 4.78 is 7.36. The minimum atomic E-state index is -0.702. The summed E-state index contributed by atoms with van der Waals surface area (Å²) in [6.07, 6.45) is 1.83. The maximum Gasteiger partial charge on any atom is 0.338 e. The lowest BCUT2D eigenvalue weighted by molar-refractivity contribution is -0.139. The van der Waals surface area contributed by atoms with Crippen LogP contribution in [-0.2, 0) is 9.53 Å². The molecule has 152 valence electrons. The number of esters is 1. The number of ether oxygens (including phenoxy) is 1. The molecule has 2 aromatic carbocycles. The van der Waals surface area contributed by atoms with Crippen molar-refractivity contribution >= 4 is 35.0 Å². The number of allylic oxidation sites excluding steroid dienone is 1. The van der Waals surface area contributed by atoms with E-state index in [9.17, 15) is 9.59 Å². The second kappa shape index (κ2) is 8.42. The van der Waals surface area contributed by atoms with Crippen molar-refractivity contribution in [3.8, 4) is 0 Å². The largest absolute Gasteiger partial charge is 0.463 e. The lowest BCUT2D eigenvalue weighted by Crippen LogP contribution is -2.40. The number of benzene rings is 2. The Labute approximate surface area is 182 Å². The molecule has 1 atom stereocenters. The number of carbonyl (C=O) groups is 1. The molecule has 5 nitrogen and oxygen atoms in total. The standard InChI is InChI=1S/C23H19ClN2O3S/c1-3-29-22(28)19-14(2)25-23-26(20(19)16-11-7-8-12-17(16)24)21(27)18(30-23)13-15-9-5-4-6-10-15/h4-13,20H,3H2,1-2H3/b18-13-/t20-/m1/s1. The Morgan fingerprint density at radius 2 is 1.90 bits per heavy atom. The van der Waals surface area contributed by atoms with E-state index < -0.39 is 12.0 Å². The van der Waals surface area contributed by atoms with Crippen molar-refractivity contribution in [2.75, 3.05) is 6.61 Å². The van der Waals surface area contributed by atoms with Crippen LogP contribution >= 0.6 is 22.9 Å². The SMILES string of the molecule is CCOC(=O)C1=C(C)N=c2s/c(=C\c3ccccc3)c(=O)n2[C@@H]1c1ccccc1Cl. The average Bonchev–Trinajstić information content (AvgIpc) is 3.03. The fourth-order valence-electron chi connectivity index (χ4n) is 3.48. The molecule has 0 N–H and O–H groups in total. The van der Waals surface area contributed by atoms with Gasteiger partial charge < -0.3 is 4.74 Å². The van der Waals surface area contributed by atoms with Crippen molar-refractivity contribution in [2.45, 2.75) is 19.9 Å². The highest BCUT2D eigenvalue weighted by molar-refractivity contribution is 7.07. The quantitative estimate of drug-likeness (QED) is 0.586. The zero-order valence-corrected chi connectivity index (χ0v) is 18.0. The van der Waals surface area contributed by atoms with Gasteiger partial charge in [-0.25, -0.2) is 9.79 Å². The maximum absolute atomic E-state index is 13.4. The van der Waals surface area contributed by atoms with Crippen molar-refractivity contribution in [3.63, 3.8) is 0 Å². The molecule has 2 heterocycles. The lowest BCUT2D eigenvalue weighted by Gasteiger charge is -2.25. The van der Waals surface area contributed by atoms with Crippen LogP contribution in [0.2, 0.25) is 5.02 Å². The van der Waals surface area contributed by atoms with Crippen LogP contribution in [0.25, 0.3) is 6.08 Å². The molecule has 3 aromatic rings. The van der Waals surface area contributed by atoms with E-state index in [-0.39, 0.29) is 12.2 Å². The maximum atomic E-state index is 13.4. The summed E-state index contributed by atoms with van der Waals surface area (Å²) in [6, 6.07) is 16.1. The molecular weight excluding hydrogens is 420 g/mol. The van der Waals surface area contributed by atoms with Gasteiger partial charge in [0.15, 0.2) is 4.80 Å². The molecule has 4 rings (SSSR count). The van der Waals surface area contributed by atoms with E-state index in [1.807, 2.05) is 54.6 Å². The summed E-state index contributed by atoms with van der Waals surface area (Å²) in [5.74, 6) is -0.499. The molecule has 30 heavy (non-hydrogen) atoms. The van der Waals surface area contributed by atoms with Crippen molar-refractivity contribution in [1.29, 1.82) is 0 Å². The van der Waals surface area contributed by atoms with E-state index in [0.717, 1.165) is 5.56 Å². The van der Waals surface area contributed by atoms with Crippen LogP contribution in [0, 0.1) is 0 Å². The van der Waals surface area contributed by atoms with Crippen molar-refractivity contribution < 1.29 is 9.53 Å². The molecule has 1 aliphatic heterocycles. The van der Waals surface area contributed by atoms with Gasteiger partial charge in [-0.15, -0.1) is 0 Å². The molecule has 0 unspecified atom stereocenters. The van der Waals surface area contributed by atoms with Gasteiger partial charge in [0, 0.05) is 5.02 Å². The van der Waals surface area contributed by atoms with E-state index >= 15 is 0 Å². The Morgan fingerprint density at radius 3 is 2.60 bits per heavy atom. The van der Waals surface area contributed by atoms with Crippen molar-refractivity contribution in [1.82, 2.24) is 4.57 Å². The number of hydrogen-bond acceptors (Lipinski definition) is 5. The molecule has 0 fully saturated rings. The molecule has 0 bridgehead atoms. The molecule has 7 heteroatoms. The Hall–Kier alpha value is -2.96. The summed E-state index contributed by atoms with van der Waals surface area (Å²) in [7, 11) is 0. The van der Waals surface area contributed by atoms with Gasteiger partial charge in [-0.3, -0.25) is 9.36 Å². The fraction of sp³-hybridized carbons (Fsp3) is 0.174. The first-order chi connectivity index (χ1) is 14.5. The highest BCUT2D eigenvalue weighted by Crippen LogP contribution is 2.34. The molecule has 0 radical (unpaired) electrons. The highest BCUT2D eigenvalue weighted by atomic mass is 35.5. The van der Waals surface area contributed by atoms with Gasteiger partial charge in [-0.1, -0.05) is 71.5 Å². The van der Waals surface area contributed by atoms with E-state index in [4.69, 9.17) is 16.3 Å². The van der Waals surface area contributed by atoms with Gasteiger partial charge in [-0.2, -0.15) is 0 Å². The van der Waals surface area contributed by atoms with Crippen LogP contribution in [0.1, 0.15) is 31.0 Å². The van der Waals surface area contributed by atoms with Crippen molar-refractivity contribution in [3.05, 3.63) is 102 Å². The third-order valence-electron chi connectivity index (χ3n) is 4.81. The first kappa shape index (κ1) is 20.3. The first-order valence-electron chi connectivity index (χ1n) is 9.50. The van der Waals surface area contributed by atoms with Crippen LogP contribution in [0.15, 0.2) is 75.7 Å². The predicted octanol–water partition coefficient (Wildman–Crippen LogP) is 3.45. The van der Waals surface area contributed by atoms with E-state index in [2.05, 4.69) is 4.99 Å². The second-order valence-corrected chi connectivity index (χ2v) is 8.15. The Bertz CT molecular complexity index is 1320. The van der Waals surface area contributed by atoms with Gasteiger partial charge in [0.05, 0.1) is 22.4 Å². The minimum Gasteiger partial charge on any atom is -0.463 e. The Balaban J connectivity index is 1.99. The van der Waals surface area contributed by atoms with Crippen LogP contribution in [0.3, 0.4) is 0 Å². The molecular formula is C23H19ClN2O3S. The summed E-state index contributed by atoms with van der Waals surface area (Å²) in [6.45, 7) is 3.72. The Morgan fingerprint density at radius 1 is 1.20 bits per heavy atom. The third kappa shape index (κ3) is 3.64. The molecule has 1 aliphatic rings. The van der Waals surface area contributed by atoms with Crippen LogP contribution in [-0.4, -0.2) is 17.1 Å². The monoisotopic (exact) mass is 438 g/mol. The van der Waals surface area contributed by atoms with Crippen LogP contribution in [0.4, 0.5) is 0 Å². The third-order valence-corrected chi connectivity index (χ3v) is 6.14. The fourth-order valence-corrected chi connectivity index (χ4v) is 4.77. The summed E-state index contributed by atoms with van der Waals surface area (Å²) >= 11 is 7.77. The van der Waals surface area contributed by atoms with Gasteiger partial charge in [-0.05, 0) is 37.1 Å². The molecule has 0 saturated carbocycles. The van der Waals surface area contributed by atoms with Crippen LogP contribution < -0.4 is 14.9 Å². The van der Waals surface area contributed by atoms with Gasteiger partial charge >= 0.3 is 5.97 Å². The van der Waals surface area contributed by atoms with Gasteiger partial charge in [0.2, 0.25) is 0 Å². The number of halogens is 1. The smallest absolute Gasteiger partial charge is 0.338 e. The summed E-state index contributed by atoms with van der Waals surface area (Å²) in [5.41, 5.74) is 2.19. The van der Waals surface area contributed by atoms with Crippen molar-refractivity contribution in [2.24, 2.45) is 4.99 Å². The topological polar surface area (TPSA) is 60.7 Å². The molecule has 0 saturated heterocycles. The van der Waals surface area contributed by atoms with E-state index in [1.165, 1.54) is 11.3 Å². The summed E-state index contributed by atoms with van der Waals surface area (Å²) in [4.78, 5) is 31.3. The van der Waals surface area contributed by atoms with Gasteiger partial charge in [0.25, 0.3) is 5.56 Å². The summed E-state index contributed by atoms with van der Waals surface area (Å²) in [5, 5.41) is 0.469. The number of carbonyl (C=O) groups excluding carboxylic acids is 1. The number of aromatic nitrogens is 1. The number of rotatable bonds is 4. The number of nitrogens with zero attached hydrogens (tertiary/aromatic N) is 2. The molecule has 0 spiro atoms. The minimum absolute atomic E-state index is 0.221. The highest BCUT2D eigenvalue weighted by Gasteiger charge is 2.34. The molecule has 0 amide bonds. The Kier molecular flexibility index (Phi) is 5.70. The zero-order valence-electron chi connectivity index (χ0n) is 16.5. The second-order valence-electron chi connectivity index (χ2n) is 6.73. The number of fused-ring (bicyclic) bond motifs is 1. The van der Waals surface area contributed by atoms with E-state index in [0.29, 0.717) is 31.2 Å². The molecule has 0 aliphatic carbocycles. The number of hydrogen-bond donors (Lipinski definition) is 0. The predicted molar refractivity (Wildman–Crippen MR) is 118 cm³/mol. The van der Waals surface area contributed by atoms with Crippen LogP contribution in [0.5, 0.6) is 0 Å². The van der Waals surface area contributed by atoms with E-state index in [1.54, 1.807) is 24.5 Å². The lowest BCUT2D eigenvalue weighted by atomic mass is 9.96. The zero-order chi connectivity index (χ0) is 21.3. The normalized spacial score (nSPS) is 16.2. The molecule has 1 aromatic heterocycles. The number of thiazole rings is 1. The average molecular weight is 439 g/mol. The van der Waals surface area contributed by atoms with Gasteiger partial charge in [0.1, 0.15) is 6.04 Å². The first-order valence-corrected chi connectivity index (χ1v) is 10.7.